The second-order valence-corrected chi connectivity index (χ2v) is 5.84. The van der Waals surface area contributed by atoms with Crippen molar-refractivity contribution in [3.63, 3.8) is 0 Å². The van der Waals surface area contributed by atoms with Gasteiger partial charge in [-0.3, -0.25) is 4.79 Å². The molecule has 0 amide bonds. The zero-order chi connectivity index (χ0) is 15.5. The second-order valence-electron chi connectivity index (χ2n) is 4.48. The van der Waals surface area contributed by atoms with Crippen LogP contribution >= 0.6 is 27.5 Å². The first kappa shape index (κ1) is 14.8. The van der Waals surface area contributed by atoms with Gasteiger partial charge in [-0.1, -0.05) is 45.7 Å². The fourth-order valence-corrected chi connectivity index (χ4v) is 2.70. The summed E-state index contributed by atoms with van der Waals surface area (Å²) in [7, 11) is 0. The van der Waals surface area contributed by atoms with Crippen LogP contribution in [0.3, 0.4) is 0 Å². The van der Waals surface area contributed by atoms with Crippen molar-refractivity contribution in [2.45, 2.75) is 0 Å². The van der Waals surface area contributed by atoms with E-state index in [0.29, 0.717) is 11.5 Å². The maximum atomic E-state index is 10.6. The number of hydrogen-bond donors (Lipinski definition) is 0. The molecule has 0 fully saturated rings. The minimum absolute atomic E-state index is 0.227. The molecule has 0 aliphatic heterocycles. The van der Waals surface area contributed by atoms with Crippen molar-refractivity contribution in [1.82, 2.24) is 9.78 Å². The molecule has 22 heavy (non-hydrogen) atoms. The van der Waals surface area contributed by atoms with Gasteiger partial charge >= 0.3 is 0 Å². The summed E-state index contributed by atoms with van der Waals surface area (Å²) in [6.07, 6.45) is 0. The minimum atomic E-state index is 0.227. The van der Waals surface area contributed by atoms with Crippen molar-refractivity contribution in [2.75, 3.05) is 0 Å². The lowest BCUT2D eigenvalue weighted by atomic mass is 10.1. The van der Waals surface area contributed by atoms with Crippen molar-refractivity contribution in [3.8, 4) is 22.8 Å². The smallest absolute Gasteiger partial charge is 0.299 e. The van der Waals surface area contributed by atoms with E-state index >= 15 is 0 Å². The Labute approximate surface area is 140 Å². The van der Waals surface area contributed by atoms with Crippen LogP contribution in [0.15, 0.2) is 59.1 Å². The van der Waals surface area contributed by atoms with Gasteiger partial charge in [0, 0.05) is 21.1 Å². The SMILES string of the molecule is O=COc1cc(-c2cccc(Cl)c2)n(-c2cccc(Br)c2)n1. The molecule has 0 saturated carbocycles. The van der Waals surface area contributed by atoms with Gasteiger partial charge in [0.1, 0.15) is 0 Å². The molecular formula is C16H10BrClN2O2. The maximum absolute atomic E-state index is 10.6. The summed E-state index contributed by atoms with van der Waals surface area (Å²) in [5.41, 5.74) is 2.49. The third-order valence-electron chi connectivity index (χ3n) is 3.03. The molecule has 0 spiro atoms. The summed E-state index contributed by atoms with van der Waals surface area (Å²) in [6.45, 7) is 0.356. The fraction of sp³-hybridized carbons (Fsp3) is 0. The molecule has 4 nitrogen and oxygen atoms in total. The summed E-state index contributed by atoms with van der Waals surface area (Å²) in [5, 5.41) is 4.94. The maximum Gasteiger partial charge on any atom is 0.299 e. The molecule has 1 heterocycles. The number of ether oxygens (including phenoxy) is 1. The first-order valence-corrected chi connectivity index (χ1v) is 7.57. The largest absolute Gasteiger partial charge is 0.408 e. The lowest BCUT2D eigenvalue weighted by Crippen LogP contribution is -1.99. The van der Waals surface area contributed by atoms with Gasteiger partial charge in [-0.15, -0.1) is 5.10 Å². The van der Waals surface area contributed by atoms with Crippen molar-refractivity contribution in [2.24, 2.45) is 0 Å². The van der Waals surface area contributed by atoms with Crippen LogP contribution in [0.5, 0.6) is 5.88 Å². The van der Waals surface area contributed by atoms with Crippen molar-refractivity contribution < 1.29 is 9.53 Å². The van der Waals surface area contributed by atoms with Gasteiger partial charge in [0.2, 0.25) is 5.88 Å². The van der Waals surface area contributed by atoms with Crippen LogP contribution in [0.4, 0.5) is 0 Å². The van der Waals surface area contributed by atoms with E-state index in [-0.39, 0.29) is 5.88 Å². The first-order valence-electron chi connectivity index (χ1n) is 6.39. The Morgan fingerprint density at radius 2 is 1.95 bits per heavy atom. The molecule has 0 radical (unpaired) electrons. The molecule has 0 aliphatic carbocycles. The highest BCUT2D eigenvalue weighted by Crippen LogP contribution is 2.29. The molecule has 0 unspecified atom stereocenters. The average molecular weight is 378 g/mol. The Morgan fingerprint density at radius 1 is 1.14 bits per heavy atom. The number of carbonyl (C=O) groups is 1. The Balaban J connectivity index is 2.18. The topological polar surface area (TPSA) is 44.1 Å². The van der Waals surface area contributed by atoms with Crippen LogP contribution in [-0.2, 0) is 4.79 Å². The average Bonchev–Trinajstić information content (AvgIpc) is 2.92. The number of carbonyl (C=O) groups excluding carboxylic acids is 1. The van der Waals surface area contributed by atoms with Crippen LogP contribution in [0, 0.1) is 0 Å². The monoisotopic (exact) mass is 376 g/mol. The lowest BCUT2D eigenvalue weighted by molar-refractivity contribution is -0.120. The van der Waals surface area contributed by atoms with E-state index in [9.17, 15) is 4.79 Å². The molecule has 0 aliphatic rings. The molecule has 0 atom stereocenters. The van der Waals surface area contributed by atoms with Crippen LogP contribution in [-0.4, -0.2) is 16.3 Å². The molecule has 1 aromatic heterocycles. The first-order chi connectivity index (χ1) is 10.7. The van der Waals surface area contributed by atoms with E-state index in [4.69, 9.17) is 16.3 Å². The van der Waals surface area contributed by atoms with Gasteiger partial charge in [0.15, 0.2) is 0 Å². The van der Waals surface area contributed by atoms with E-state index < -0.39 is 0 Å². The molecule has 3 aromatic rings. The van der Waals surface area contributed by atoms with Crippen LogP contribution in [0.25, 0.3) is 16.9 Å². The summed E-state index contributed by atoms with van der Waals surface area (Å²) in [4.78, 5) is 10.6. The Hall–Kier alpha value is -2.11. The Kier molecular flexibility index (Phi) is 4.27. The zero-order valence-electron chi connectivity index (χ0n) is 11.2. The molecule has 0 N–H and O–H groups in total. The number of benzene rings is 2. The Bertz CT molecular complexity index is 770. The van der Waals surface area contributed by atoms with Crippen molar-refractivity contribution >= 4 is 34.0 Å². The van der Waals surface area contributed by atoms with Crippen LogP contribution < -0.4 is 4.74 Å². The highest BCUT2D eigenvalue weighted by molar-refractivity contribution is 9.10. The van der Waals surface area contributed by atoms with Crippen LogP contribution in [0.2, 0.25) is 5.02 Å². The predicted molar refractivity (Wildman–Crippen MR) is 88.4 cm³/mol. The Morgan fingerprint density at radius 3 is 2.68 bits per heavy atom. The van der Waals surface area contributed by atoms with Gasteiger partial charge in [-0.05, 0) is 30.3 Å². The highest BCUT2D eigenvalue weighted by Gasteiger charge is 2.13. The molecular weight excluding hydrogens is 368 g/mol. The number of rotatable bonds is 4. The number of aromatic nitrogens is 2. The number of hydrogen-bond acceptors (Lipinski definition) is 3. The number of nitrogens with zero attached hydrogens (tertiary/aromatic N) is 2. The van der Waals surface area contributed by atoms with Gasteiger partial charge < -0.3 is 4.74 Å². The van der Waals surface area contributed by atoms with E-state index in [1.165, 1.54) is 0 Å². The summed E-state index contributed by atoms with van der Waals surface area (Å²) < 4.78 is 7.50. The number of halogens is 2. The highest BCUT2D eigenvalue weighted by atomic mass is 79.9. The van der Waals surface area contributed by atoms with Gasteiger partial charge in [-0.2, -0.15) is 0 Å². The predicted octanol–water partition coefficient (Wildman–Crippen LogP) is 4.49. The van der Waals surface area contributed by atoms with Crippen LogP contribution in [0.1, 0.15) is 0 Å². The van der Waals surface area contributed by atoms with Crippen molar-refractivity contribution in [1.29, 1.82) is 0 Å². The van der Waals surface area contributed by atoms with Gasteiger partial charge in [0.25, 0.3) is 6.47 Å². The lowest BCUT2D eigenvalue weighted by Gasteiger charge is -2.08. The molecule has 110 valence electrons. The molecule has 3 rings (SSSR count). The zero-order valence-corrected chi connectivity index (χ0v) is 13.6. The van der Waals surface area contributed by atoms with E-state index in [0.717, 1.165) is 21.4 Å². The van der Waals surface area contributed by atoms with E-state index in [1.807, 2.05) is 42.5 Å². The molecule has 0 bridgehead atoms. The third-order valence-corrected chi connectivity index (χ3v) is 3.76. The van der Waals surface area contributed by atoms with Gasteiger partial charge in [0.05, 0.1) is 11.4 Å². The summed E-state index contributed by atoms with van der Waals surface area (Å²) in [6, 6.07) is 16.8. The minimum Gasteiger partial charge on any atom is -0.408 e. The standard InChI is InChI=1S/C16H10BrClN2O2/c17-12-4-2-6-14(8-12)20-15(9-16(19-20)22-10-21)11-3-1-5-13(18)7-11/h1-10H. The van der Waals surface area contributed by atoms with E-state index in [2.05, 4.69) is 21.0 Å². The summed E-state index contributed by atoms with van der Waals surface area (Å²) >= 11 is 9.50. The third kappa shape index (κ3) is 3.05. The van der Waals surface area contributed by atoms with Crippen molar-refractivity contribution in [3.05, 3.63) is 64.1 Å². The molecule has 0 saturated heterocycles. The molecule has 2 aromatic carbocycles. The van der Waals surface area contributed by atoms with E-state index in [1.54, 1.807) is 16.8 Å². The molecule has 6 heteroatoms. The fourth-order valence-electron chi connectivity index (χ4n) is 2.12. The quantitative estimate of drug-likeness (QED) is 0.629. The summed E-state index contributed by atoms with van der Waals surface area (Å²) in [5.74, 6) is 0.227. The second kappa shape index (κ2) is 6.34. The normalized spacial score (nSPS) is 10.5. The van der Waals surface area contributed by atoms with Gasteiger partial charge in [-0.25, -0.2) is 4.68 Å².